The average molecular weight is 473 g/mol. The third-order valence-corrected chi connectivity index (χ3v) is 7.09. The number of halogens is 1. The molecule has 2 amide bonds. The van der Waals surface area contributed by atoms with Gasteiger partial charge < -0.3 is 14.9 Å². The zero-order valence-corrected chi connectivity index (χ0v) is 20.3. The highest BCUT2D eigenvalue weighted by molar-refractivity contribution is 6.30. The van der Waals surface area contributed by atoms with Crippen LogP contribution in [0.15, 0.2) is 30.3 Å². The van der Waals surface area contributed by atoms with Crippen LogP contribution in [0.2, 0.25) is 5.02 Å². The van der Waals surface area contributed by atoms with E-state index in [1.54, 1.807) is 4.90 Å². The van der Waals surface area contributed by atoms with Gasteiger partial charge in [-0.3, -0.25) is 14.3 Å². The van der Waals surface area contributed by atoms with Gasteiger partial charge in [0.1, 0.15) is 12.2 Å². The maximum Gasteiger partial charge on any atom is 0.272 e. The van der Waals surface area contributed by atoms with E-state index in [0.29, 0.717) is 30.1 Å². The Morgan fingerprint density at radius 3 is 2.48 bits per heavy atom. The van der Waals surface area contributed by atoms with Crippen LogP contribution in [0.5, 0.6) is 0 Å². The lowest BCUT2D eigenvalue weighted by Crippen LogP contribution is -2.55. The molecule has 0 bridgehead atoms. The minimum Gasteiger partial charge on any atom is -0.393 e. The monoisotopic (exact) mass is 472 g/mol. The molecule has 0 radical (unpaired) electrons. The molecule has 1 N–H and O–H groups in total. The molecule has 178 valence electrons. The summed E-state index contributed by atoms with van der Waals surface area (Å²) in [5, 5.41) is 15.5. The Labute approximate surface area is 200 Å². The Morgan fingerprint density at radius 1 is 1.18 bits per heavy atom. The maximum atomic E-state index is 13.4. The Hall–Kier alpha value is -2.38. The first-order chi connectivity index (χ1) is 15.8. The smallest absolute Gasteiger partial charge is 0.272 e. The molecular weight excluding hydrogens is 440 g/mol. The second-order valence-electron chi connectivity index (χ2n) is 9.47. The molecule has 2 aliphatic rings. The number of hydrogen-bond donors (Lipinski definition) is 1. The van der Waals surface area contributed by atoms with Crippen LogP contribution in [0.1, 0.15) is 69.4 Å². The van der Waals surface area contributed by atoms with E-state index in [0.717, 1.165) is 30.5 Å². The molecule has 0 aliphatic carbocycles. The van der Waals surface area contributed by atoms with Crippen molar-refractivity contribution in [3.05, 3.63) is 41.0 Å². The van der Waals surface area contributed by atoms with Crippen LogP contribution in [-0.2, 0) is 4.79 Å². The van der Waals surface area contributed by atoms with Crippen LogP contribution in [0.3, 0.4) is 0 Å². The number of hydrogen-bond acceptors (Lipinski definition) is 4. The Balaban J connectivity index is 1.58. The normalized spacial score (nSPS) is 25.3. The summed E-state index contributed by atoms with van der Waals surface area (Å²) >= 11 is 6.03. The zero-order chi connectivity index (χ0) is 23.7. The number of aromatic nitrogens is 2. The molecule has 4 atom stereocenters. The second-order valence-corrected chi connectivity index (χ2v) is 9.91. The summed E-state index contributed by atoms with van der Waals surface area (Å²) in [6.45, 7) is 6.59. The van der Waals surface area contributed by atoms with Gasteiger partial charge in [0, 0.05) is 29.2 Å². The predicted octanol–water partition coefficient (Wildman–Crippen LogP) is 4.15. The summed E-state index contributed by atoms with van der Waals surface area (Å²) in [6.07, 6.45) is 3.73. The molecule has 1 fully saturated rings. The fraction of sp³-hybridized carbons (Fsp3) is 0.560. The molecule has 3 heterocycles. The number of piperidine rings is 1. The molecule has 4 rings (SSSR count). The molecule has 0 spiro atoms. The van der Waals surface area contributed by atoms with Crippen molar-refractivity contribution in [3.8, 4) is 11.3 Å². The molecule has 2 aromatic rings. The molecule has 0 saturated carbocycles. The molecule has 1 aromatic heterocycles. The summed E-state index contributed by atoms with van der Waals surface area (Å²) in [4.78, 5) is 30.2. The number of fused-ring (bicyclic) bond motifs is 1. The SMILES string of the molecule is CCCCC1CN(CC(=O)N2[C@H](C)CC(O)C[C@@H]2C)C(=O)c2cc(-c3ccc(Cl)cc3)nn21. The van der Waals surface area contributed by atoms with E-state index < -0.39 is 0 Å². The number of rotatable bonds is 6. The lowest BCUT2D eigenvalue weighted by molar-refractivity contribution is -0.140. The molecule has 7 nitrogen and oxygen atoms in total. The van der Waals surface area contributed by atoms with E-state index in [4.69, 9.17) is 16.7 Å². The quantitative estimate of drug-likeness (QED) is 0.685. The van der Waals surface area contributed by atoms with Crippen LogP contribution in [-0.4, -0.2) is 67.8 Å². The summed E-state index contributed by atoms with van der Waals surface area (Å²) < 4.78 is 1.85. The highest BCUT2D eigenvalue weighted by Crippen LogP contribution is 2.30. The third-order valence-electron chi connectivity index (χ3n) is 6.84. The van der Waals surface area contributed by atoms with Gasteiger partial charge in [0.25, 0.3) is 5.91 Å². The van der Waals surface area contributed by atoms with Gasteiger partial charge in [0.05, 0.1) is 17.8 Å². The fourth-order valence-electron chi connectivity index (χ4n) is 5.24. The molecule has 33 heavy (non-hydrogen) atoms. The van der Waals surface area contributed by atoms with Crippen LogP contribution >= 0.6 is 11.6 Å². The standard InChI is InChI=1S/C25H33ClN4O3/c1-4-5-6-20-14-28(15-24(32)29-16(2)11-21(31)12-17(29)3)25(33)23-13-22(27-30(20)23)18-7-9-19(26)10-8-18/h7-10,13,16-17,20-21,31H,4-6,11-12,14-15H2,1-3H3/t16-,17+,20?,21?. The number of aliphatic hydroxyl groups excluding tert-OH is 1. The summed E-state index contributed by atoms with van der Waals surface area (Å²) in [7, 11) is 0. The first kappa shape index (κ1) is 23.8. The van der Waals surface area contributed by atoms with Crippen molar-refractivity contribution in [1.29, 1.82) is 0 Å². The van der Waals surface area contributed by atoms with Gasteiger partial charge in [0.15, 0.2) is 0 Å². The number of aliphatic hydroxyl groups is 1. The van der Waals surface area contributed by atoms with E-state index in [9.17, 15) is 14.7 Å². The molecule has 8 heteroatoms. The number of carbonyl (C=O) groups is 2. The van der Waals surface area contributed by atoms with E-state index in [2.05, 4.69) is 6.92 Å². The Kier molecular flexibility index (Phi) is 7.10. The number of nitrogens with zero attached hydrogens (tertiary/aromatic N) is 4. The van der Waals surface area contributed by atoms with Gasteiger partial charge in [-0.05, 0) is 51.3 Å². The van der Waals surface area contributed by atoms with Crippen molar-refractivity contribution >= 4 is 23.4 Å². The topological polar surface area (TPSA) is 78.7 Å². The third kappa shape index (κ3) is 4.94. The summed E-state index contributed by atoms with van der Waals surface area (Å²) in [6, 6.07) is 9.19. The predicted molar refractivity (Wildman–Crippen MR) is 128 cm³/mol. The first-order valence-corrected chi connectivity index (χ1v) is 12.3. The van der Waals surface area contributed by atoms with E-state index in [1.165, 1.54) is 0 Å². The minimum absolute atomic E-state index is 0.0320. The van der Waals surface area contributed by atoms with Crippen molar-refractivity contribution in [2.75, 3.05) is 13.1 Å². The number of unbranched alkanes of at least 4 members (excludes halogenated alkanes) is 1. The second kappa shape index (κ2) is 9.85. The van der Waals surface area contributed by atoms with Crippen molar-refractivity contribution in [3.63, 3.8) is 0 Å². The molecular formula is C25H33ClN4O3. The number of carbonyl (C=O) groups excluding carboxylic acids is 2. The lowest BCUT2D eigenvalue weighted by atomic mass is 9.94. The Morgan fingerprint density at radius 2 is 1.85 bits per heavy atom. The fourth-order valence-corrected chi connectivity index (χ4v) is 5.37. The van der Waals surface area contributed by atoms with Gasteiger partial charge in [-0.15, -0.1) is 0 Å². The Bertz CT molecular complexity index is 994. The maximum absolute atomic E-state index is 13.4. The average Bonchev–Trinajstić information content (AvgIpc) is 3.20. The van der Waals surface area contributed by atoms with Crippen LogP contribution in [0, 0.1) is 0 Å². The van der Waals surface area contributed by atoms with Gasteiger partial charge in [-0.25, -0.2) is 0 Å². The van der Waals surface area contributed by atoms with Crippen LogP contribution in [0.4, 0.5) is 0 Å². The van der Waals surface area contributed by atoms with Gasteiger partial charge in [-0.2, -0.15) is 5.10 Å². The first-order valence-electron chi connectivity index (χ1n) is 11.9. The van der Waals surface area contributed by atoms with Gasteiger partial charge in [-0.1, -0.05) is 43.5 Å². The van der Waals surface area contributed by atoms with Gasteiger partial charge >= 0.3 is 0 Å². The van der Waals surface area contributed by atoms with Gasteiger partial charge in [0.2, 0.25) is 5.91 Å². The highest BCUT2D eigenvalue weighted by atomic mass is 35.5. The zero-order valence-electron chi connectivity index (χ0n) is 19.6. The highest BCUT2D eigenvalue weighted by Gasteiger charge is 2.38. The largest absolute Gasteiger partial charge is 0.393 e. The molecule has 2 aliphatic heterocycles. The summed E-state index contributed by atoms with van der Waals surface area (Å²) in [5.74, 6) is -0.225. The van der Waals surface area contributed by atoms with Crippen molar-refractivity contribution in [2.24, 2.45) is 0 Å². The number of amides is 2. The molecule has 1 aromatic carbocycles. The van der Waals surface area contributed by atoms with Crippen LogP contribution in [0.25, 0.3) is 11.3 Å². The number of likely N-dealkylation sites (tertiary alicyclic amines) is 1. The molecule has 1 saturated heterocycles. The number of benzene rings is 1. The van der Waals surface area contributed by atoms with Crippen LogP contribution < -0.4 is 0 Å². The van der Waals surface area contributed by atoms with E-state index in [-0.39, 0.29) is 42.6 Å². The minimum atomic E-state index is -0.380. The summed E-state index contributed by atoms with van der Waals surface area (Å²) in [5.41, 5.74) is 2.16. The van der Waals surface area contributed by atoms with Crippen molar-refractivity contribution in [1.82, 2.24) is 19.6 Å². The van der Waals surface area contributed by atoms with Crippen molar-refractivity contribution < 1.29 is 14.7 Å². The van der Waals surface area contributed by atoms with E-state index in [1.807, 2.05) is 53.8 Å². The van der Waals surface area contributed by atoms with E-state index >= 15 is 0 Å². The van der Waals surface area contributed by atoms with Crippen molar-refractivity contribution in [2.45, 2.75) is 77.1 Å². The molecule has 2 unspecified atom stereocenters. The lowest BCUT2D eigenvalue weighted by Gasteiger charge is -2.42.